The Labute approximate surface area is 163 Å². The van der Waals surface area contributed by atoms with E-state index in [4.69, 9.17) is 4.43 Å². The zero-order chi connectivity index (χ0) is 20.3. The molecule has 0 saturated heterocycles. The first-order chi connectivity index (χ1) is 11.8. The summed E-state index contributed by atoms with van der Waals surface area (Å²) >= 11 is 0. The molecule has 0 bridgehead atoms. The van der Waals surface area contributed by atoms with Gasteiger partial charge < -0.3 is 14.2 Å². The molecule has 0 unspecified atom stereocenters. The molecular weight excluding hydrogens is 336 g/mol. The first kappa shape index (κ1) is 23.2. The van der Waals surface area contributed by atoms with Gasteiger partial charge in [0.05, 0.1) is 0 Å². The smallest absolute Gasteiger partial charge is 0.250 e. The minimum atomic E-state index is -1.86. The molecule has 0 fully saturated rings. The van der Waals surface area contributed by atoms with Crippen LogP contribution >= 0.6 is 0 Å². The predicted molar refractivity (Wildman–Crippen MR) is 118 cm³/mol. The van der Waals surface area contributed by atoms with Crippen LogP contribution in [0.4, 0.5) is 0 Å². The molecule has 0 spiro atoms. The van der Waals surface area contributed by atoms with Gasteiger partial charge in [-0.3, -0.25) is 0 Å². The van der Waals surface area contributed by atoms with Crippen molar-refractivity contribution in [1.29, 1.82) is 0 Å². The van der Waals surface area contributed by atoms with Gasteiger partial charge in [0.25, 0.3) is 0 Å². The summed E-state index contributed by atoms with van der Waals surface area (Å²) in [6.45, 7) is 16.1. The standard InChI is InChI=1S/C22H42N2OSi/c1-12-20(23(6)7)17-14-18(21(13-2)24(8)9)16-19(15-17)25-26(10,11)22(3,4)5/h14-16,20-21H,12-13H2,1-11H3/t20-,21+. The Balaban J connectivity index is 3.45. The second-order valence-electron chi connectivity index (χ2n) is 9.47. The molecule has 0 amide bonds. The van der Waals surface area contributed by atoms with Gasteiger partial charge in [0.15, 0.2) is 0 Å². The Bertz CT molecular complexity index is 542. The molecule has 1 rings (SSSR count). The monoisotopic (exact) mass is 378 g/mol. The average Bonchev–Trinajstić information content (AvgIpc) is 2.45. The van der Waals surface area contributed by atoms with E-state index in [2.05, 4.69) is 104 Å². The van der Waals surface area contributed by atoms with Crippen molar-refractivity contribution < 1.29 is 4.43 Å². The molecular formula is C22H42N2OSi. The second kappa shape index (κ2) is 8.90. The predicted octanol–water partition coefficient (Wildman–Crippen LogP) is 6.10. The van der Waals surface area contributed by atoms with Crippen molar-refractivity contribution in [2.75, 3.05) is 28.2 Å². The third-order valence-corrected chi connectivity index (χ3v) is 10.3. The first-order valence-electron chi connectivity index (χ1n) is 10.0. The van der Waals surface area contributed by atoms with Crippen molar-refractivity contribution in [3.63, 3.8) is 0 Å². The van der Waals surface area contributed by atoms with Crippen LogP contribution in [0.25, 0.3) is 0 Å². The fraction of sp³-hybridized carbons (Fsp3) is 0.727. The minimum Gasteiger partial charge on any atom is -0.543 e. The SMILES string of the molecule is CC[C@H](c1cc(O[Si](C)(C)C(C)(C)C)cc([C@H](CC)N(C)C)c1)N(C)C. The van der Waals surface area contributed by atoms with Gasteiger partial charge in [-0.25, -0.2) is 0 Å². The van der Waals surface area contributed by atoms with Crippen LogP contribution in [0, 0.1) is 0 Å². The van der Waals surface area contributed by atoms with E-state index in [0.29, 0.717) is 12.1 Å². The molecule has 0 aliphatic heterocycles. The molecule has 3 nitrogen and oxygen atoms in total. The van der Waals surface area contributed by atoms with Crippen LogP contribution in [0.5, 0.6) is 5.75 Å². The maximum absolute atomic E-state index is 6.70. The molecule has 1 aromatic carbocycles. The van der Waals surface area contributed by atoms with E-state index in [-0.39, 0.29) is 5.04 Å². The molecule has 0 aromatic heterocycles. The van der Waals surface area contributed by atoms with Gasteiger partial charge >= 0.3 is 0 Å². The summed E-state index contributed by atoms with van der Waals surface area (Å²) in [6.07, 6.45) is 2.18. The van der Waals surface area contributed by atoms with E-state index >= 15 is 0 Å². The molecule has 0 radical (unpaired) electrons. The Hall–Kier alpha value is -0.843. The Morgan fingerprint density at radius 1 is 0.846 bits per heavy atom. The third kappa shape index (κ3) is 5.58. The lowest BCUT2D eigenvalue weighted by atomic mass is 9.96. The normalized spacial score (nSPS) is 15.4. The van der Waals surface area contributed by atoms with E-state index in [0.717, 1.165) is 18.6 Å². The Morgan fingerprint density at radius 3 is 1.50 bits per heavy atom. The molecule has 0 saturated carbocycles. The van der Waals surface area contributed by atoms with Crippen LogP contribution in [-0.4, -0.2) is 46.3 Å². The van der Waals surface area contributed by atoms with Gasteiger partial charge in [-0.05, 0) is 82.4 Å². The topological polar surface area (TPSA) is 15.7 Å². The summed E-state index contributed by atoms with van der Waals surface area (Å²) in [7, 11) is 6.80. The molecule has 0 aliphatic carbocycles. The van der Waals surface area contributed by atoms with Gasteiger partial charge in [-0.15, -0.1) is 0 Å². The average molecular weight is 379 g/mol. The maximum atomic E-state index is 6.70. The molecule has 1 aromatic rings. The van der Waals surface area contributed by atoms with Crippen LogP contribution in [0.3, 0.4) is 0 Å². The number of hydrogen-bond acceptors (Lipinski definition) is 3. The van der Waals surface area contributed by atoms with Gasteiger partial charge in [0, 0.05) is 12.1 Å². The lowest BCUT2D eigenvalue weighted by Crippen LogP contribution is -2.44. The van der Waals surface area contributed by atoms with E-state index in [1.807, 2.05) is 0 Å². The summed E-state index contributed by atoms with van der Waals surface area (Å²) in [5.41, 5.74) is 2.73. The van der Waals surface area contributed by atoms with Crippen molar-refractivity contribution in [3.05, 3.63) is 29.3 Å². The zero-order valence-electron chi connectivity index (χ0n) is 19.1. The number of benzene rings is 1. The number of hydrogen-bond donors (Lipinski definition) is 0. The van der Waals surface area contributed by atoms with Crippen LogP contribution in [0.15, 0.2) is 18.2 Å². The summed E-state index contributed by atoms with van der Waals surface area (Å²) in [5.74, 6) is 1.05. The maximum Gasteiger partial charge on any atom is 0.250 e. The molecule has 2 atom stereocenters. The van der Waals surface area contributed by atoms with Crippen molar-refractivity contribution >= 4 is 8.32 Å². The molecule has 26 heavy (non-hydrogen) atoms. The molecule has 150 valence electrons. The quantitative estimate of drug-likeness (QED) is 0.509. The van der Waals surface area contributed by atoms with Crippen molar-refractivity contribution in [2.45, 2.75) is 77.7 Å². The first-order valence-corrected chi connectivity index (χ1v) is 12.9. The zero-order valence-corrected chi connectivity index (χ0v) is 20.1. The van der Waals surface area contributed by atoms with Crippen LogP contribution < -0.4 is 4.43 Å². The third-order valence-electron chi connectivity index (χ3n) is 5.92. The highest BCUT2D eigenvalue weighted by atomic mass is 28.4. The fourth-order valence-electron chi connectivity index (χ4n) is 3.34. The van der Waals surface area contributed by atoms with E-state index in [1.54, 1.807) is 0 Å². The van der Waals surface area contributed by atoms with Crippen molar-refractivity contribution in [1.82, 2.24) is 9.80 Å². The summed E-state index contributed by atoms with van der Waals surface area (Å²) in [6, 6.07) is 7.77. The Morgan fingerprint density at radius 2 is 1.23 bits per heavy atom. The van der Waals surface area contributed by atoms with Crippen molar-refractivity contribution in [3.8, 4) is 5.75 Å². The lowest BCUT2D eigenvalue weighted by Gasteiger charge is -2.37. The summed E-state index contributed by atoms with van der Waals surface area (Å²) in [4.78, 5) is 4.62. The fourth-order valence-corrected chi connectivity index (χ4v) is 4.35. The number of rotatable bonds is 8. The minimum absolute atomic E-state index is 0.195. The molecule has 4 heteroatoms. The largest absolute Gasteiger partial charge is 0.543 e. The van der Waals surface area contributed by atoms with Gasteiger partial charge in [0.2, 0.25) is 8.32 Å². The van der Waals surface area contributed by atoms with Crippen LogP contribution in [-0.2, 0) is 0 Å². The van der Waals surface area contributed by atoms with Gasteiger partial charge in [-0.1, -0.05) is 40.7 Å². The van der Waals surface area contributed by atoms with E-state index < -0.39 is 8.32 Å². The van der Waals surface area contributed by atoms with Crippen LogP contribution in [0.1, 0.15) is 70.7 Å². The second-order valence-corrected chi connectivity index (χ2v) is 14.2. The van der Waals surface area contributed by atoms with E-state index in [1.165, 1.54) is 11.1 Å². The number of nitrogens with zero attached hydrogens (tertiary/aromatic N) is 2. The van der Waals surface area contributed by atoms with E-state index in [9.17, 15) is 0 Å². The van der Waals surface area contributed by atoms with Gasteiger partial charge in [-0.2, -0.15) is 0 Å². The molecule has 0 heterocycles. The highest BCUT2D eigenvalue weighted by Gasteiger charge is 2.39. The lowest BCUT2D eigenvalue weighted by molar-refractivity contribution is 0.283. The highest BCUT2D eigenvalue weighted by molar-refractivity contribution is 6.74. The summed E-state index contributed by atoms with van der Waals surface area (Å²) in [5, 5.41) is 0.195. The Kier molecular flexibility index (Phi) is 7.94. The van der Waals surface area contributed by atoms with Crippen molar-refractivity contribution in [2.24, 2.45) is 0 Å². The van der Waals surface area contributed by atoms with Crippen LogP contribution in [0.2, 0.25) is 18.1 Å². The van der Waals surface area contributed by atoms with Gasteiger partial charge in [0.1, 0.15) is 5.75 Å². The molecule has 0 N–H and O–H groups in total. The summed E-state index contributed by atoms with van der Waals surface area (Å²) < 4.78 is 6.70. The molecule has 0 aliphatic rings. The highest BCUT2D eigenvalue weighted by Crippen LogP contribution is 2.39.